The average Bonchev–Trinajstić information content (AvgIpc) is 2.66. The van der Waals surface area contributed by atoms with E-state index in [-0.39, 0.29) is 11.6 Å². The van der Waals surface area contributed by atoms with Gasteiger partial charge in [-0.1, -0.05) is 0 Å². The number of fused-ring (bicyclic) bond motifs is 1. The van der Waals surface area contributed by atoms with Gasteiger partial charge in [-0.2, -0.15) is 0 Å². The number of hydrogen-bond donors (Lipinski definition) is 0. The second-order valence-electron chi connectivity index (χ2n) is 4.17. The van der Waals surface area contributed by atoms with Crippen molar-refractivity contribution >= 4 is 11.6 Å². The number of hydrogen-bond acceptors (Lipinski definition) is 4. The molecule has 6 nitrogen and oxygen atoms in total. The van der Waals surface area contributed by atoms with Crippen LogP contribution in [0.5, 0.6) is 0 Å². The Balaban J connectivity index is 2.13. The van der Waals surface area contributed by atoms with Crippen molar-refractivity contribution in [2.75, 3.05) is 20.3 Å². The summed E-state index contributed by atoms with van der Waals surface area (Å²) in [6.45, 7) is 1.73. The smallest absolute Gasteiger partial charge is 0.270 e. The lowest BCUT2D eigenvalue weighted by molar-refractivity contribution is -0.384. The SMILES string of the molecule is COCCCN1Cc2ccc([N+](=O)[O-])cc2C1=O. The first-order valence-electron chi connectivity index (χ1n) is 5.69. The normalized spacial score (nSPS) is 13.8. The zero-order valence-electron chi connectivity index (χ0n) is 10.1. The molecule has 0 aliphatic carbocycles. The maximum Gasteiger partial charge on any atom is 0.270 e. The van der Waals surface area contributed by atoms with Gasteiger partial charge in [-0.25, -0.2) is 0 Å². The van der Waals surface area contributed by atoms with Gasteiger partial charge in [0.15, 0.2) is 0 Å². The maximum absolute atomic E-state index is 12.0. The van der Waals surface area contributed by atoms with Crippen molar-refractivity contribution in [2.45, 2.75) is 13.0 Å². The molecular weight excluding hydrogens is 236 g/mol. The van der Waals surface area contributed by atoms with Gasteiger partial charge in [0.25, 0.3) is 11.6 Å². The lowest BCUT2D eigenvalue weighted by Gasteiger charge is -2.14. The number of non-ortho nitro benzene ring substituents is 1. The fourth-order valence-electron chi connectivity index (χ4n) is 2.04. The van der Waals surface area contributed by atoms with Crippen LogP contribution in [-0.4, -0.2) is 36.0 Å². The highest BCUT2D eigenvalue weighted by Gasteiger charge is 2.28. The first-order chi connectivity index (χ1) is 8.63. The Kier molecular flexibility index (Phi) is 3.57. The van der Waals surface area contributed by atoms with Crippen LogP contribution in [0.4, 0.5) is 5.69 Å². The van der Waals surface area contributed by atoms with E-state index in [0.717, 1.165) is 12.0 Å². The van der Waals surface area contributed by atoms with Gasteiger partial charge in [0, 0.05) is 38.9 Å². The second-order valence-corrected chi connectivity index (χ2v) is 4.17. The molecule has 1 heterocycles. The van der Waals surface area contributed by atoms with Crippen molar-refractivity contribution in [1.29, 1.82) is 0 Å². The van der Waals surface area contributed by atoms with Gasteiger partial charge in [0.1, 0.15) is 0 Å². The summed E-state index contributed by atoms with van der Waals surface area (Å²) in [5.74, 6) is -0.134. The van der Waals surface area contributed by atoms with E-state index in [2.05, 4.69) is 0 Å². The average molecular weight is 250 g/mol. The number of nitro benzene ring substituents is 1. The van der Waals surface area contributed by atoms with Gasteiger partial charge in [0.05, 0.1) is 10.5 Å². The molecule has 0 saturated heterocycles. The number of nitrogens with zero attached hydrogens (tertiary/aromatic N) is 2. The summed E-state index contributed by atoms with van der Waals surface area (Å²) in [6, 6.07) is 4.44. The van der Waals surface area contributed by atoms with E-state index in [9.17, 15) is 14.9 Å². The molecule has 2 rings (SSSR count). The zero-order valence-corrected chi connectivity index (χ0v) is 10.1. The molecule has 0 bridgehead atoms. The molecule has 96 valence electrons. The third-order valence-electron chi connectivity index (χ3n) is 2.96. The fraction of sp³-hybridized carbons (Fsp3) is 0.417. The van der Waals surface area contributed by atoms with E-state index >= 15 is 0 Å². The van der Waals surface area contributed by atoms with Crippen molar-refractivity contribution < 1.29 is 14.5 Å². The predicted molar refractivity (Wildman–Crippen MR) is 64.3 cm³/mol. The Morgan fingerprint density at radius 2 is 2.28 bits per heavy atom. The number of rotatable bonds is 5. The molecule has 1 aliphatic heterocycles. The van der Waals surface area contributed by atoms with Crippen molar-refractivity contribution in [2.24, 2.45) is 0 Å². The minimum atomic E-state index is -0.485. The van der Waals surface area contributed by atoms with Gasteiger partial charge < -0.3 is 9.64 Å². The van der Waals surface area contributed by atoms with E-state index in [0.29, 0.717) is 25.3 Å². The summed E-state index contributed by atoms with van der Waals surface area (Å²) in [5.41, 5.74) is 1.26. The first kappa shape index (κ1) is 12.5. The van der Waals surface area contributed by atoms with Crippen LogP contribution in [0, 0.1) is 10.1 Å². The molecule has 0 N–H and O–H groups in total. The Hall–Kier alpha value is -1.95. The van der Waals surface area contributed by atoms with Crippen LogP contribution in [0.1, 0.15) is 22.3 Å². The van der Waals surface area contributed by atoms with E-state index < -0.39 is 4.92 Å². The van der Waals surface area contributed by atoms with Crippen LogP contribution in [0.15, 0.2) is 18.2 Å². The first-order valence-corrected chi connectivity index (χ1v) is 5.69. The number of nitro groups is 1. The summed E-state index contributed by atoms with van der Waals surface area (Å²) in [4.78, 5) is 23.9. The highest BCUT2D eigenvalue weighted by Crippen LogP contribution is 2.26. The van der Waals surface area contributed by atoms with Crippen molar-refractivity contribution in [3.8, 4) is 0 Å². The van der Waals surface area contributed by atoms with Crippen molar-refractivity contribution in [3.63, 3.8) is 0 Å². The largest absolute Gasteiger partial charge is 0.385 e. The molecule has 1 amide bonds. The Labute approximate surface area is 104 Å². The van der Waals surface area contributed by atoms with Gasteiger partial charge in [-0.3, -0.25) is 14.9 Å². The van der Waals surface area contributed by atoms with E-state index in [1.54, 1.807) is 18.1 Å². The molecule has 1 aromatic carbocycles. The molecule has 0 radical (unpaired) electrons. The molecule has 1 aromatic rings. The Morgan fingerprint density at radius 3 is 2.94 bits per heavy atom. The standard InChI is InChI=1S/C12H14N2O4/c1-18-6-2-5-13-8-9-3-4-10(14(16)17)7-11(9)12(13)15/h3-4,7H,2,5-6,8H2,1H3. The summed E-state index contributed by atoms with van der Waals surface area (Å²) >= 11 is 0. The minimum Gasteiger partial charge on any atom is -0.385 e. The lowest BCUT2D eigenvalue weighted by atomic mass is 10.1. The Morgan fingerprint density at radius 1 is 1.50 bits per heavy atom. The van der Waals surface area contributed by atoms with Crippen molar-refractivity contribution in [1.82, 2.24) is 4.90 Å². The molecule has 6 heteroatoms. The summed E-state index contributed by atoms with van der Waals surface area (Å²) in [6.07, 6.45) is 0.762. The zero-order chi connectivity index (χ0) is 13.1. The molecule has 0 fully saturated rings. The van der Waals surface area contributed by atoms with Crippen LogP contribution in [0.2, 0.25) is 0 Å². The van der Waals surface area contributed by atoms with Gasteiger partial charge in [-0.05, 0) is 18.1 Å². The van der Waals surface area contributed by atoms with E-state index in [4.69, 9.17) is 4.74 Å². The van der Waals surface area contributed by atoms with Gasteiger partial charge in [0.2, 0.25) is 0 Å². The number of methoxy groups -OCH3 is 1. The third kappa shape index (κ3) is 2.33. The number of benzene rings is 1. The molecule has 0 atom stereocenters. The number of ether oxygens (including phenoxy) is 1. The quantitative estimate of drug-likeness (QED) is 0.452. The fourth-order valence-corrected chi connectivity index (χ4v) is 2.04. The topological polar surface area (TPSA) is 72.7 Å². The minimum absolute atomic E-state index is 0.0409. The molecule has 0 spiro atoms. The van der Waals surface area contributed by atoms with Crippen LogP contribution in [-0.2, 0) is 11.3 Å². The van der Waals surface area contributed by atoms with Gasteiger partial charge >= 0.3 is 0 Å². The number of carbonyl (C=O) groups is 1. The highest BCUT2D eigenvalue weighted by atomic mass is 16.6. The molecule has 0 unspecified atom stereocenters. The predicted octanol–water partition coefficient (Wildman–Crippen LogP) is 1.59. The highest BCUT2D eigenvalue weighted by molar-refractivity contribution is 5.98. The molecule has 1 aliphatic rings. The van der Waals surface area contributed by atoms with Crippen LogP contribution in [0.25, 0.3) is 0 Å². The Bertz CT molecular complexity index is 487. The van der Waals surface area contributed by atoms with Crippen LogP contribution >= 0.6 is 0 Å². The molecule has 0 aromatic heterocycles. The number of amides is 1. The van der Waals surface area contributed by atoms with Gasteiger partial charge in [-0.15, -0.1) is 0 Å². The summed E-state index contributed by atoms with van der Waals surface area (Å²) in [7, 11) is 1.61. The second kappa shape index (κ2) is 5.14. The van der Waals surface area contributed by atoms with Crippen LogP contribution < -0.4 is 0 Å². The molecule has 0 saturated carbocycles. The van der Waals surface area contributed by atoms with Crippen molar-refractivity contribution in [3.05, 3.63) is 39.4 Å². The van der Waals surface area contributed by atoms with E-state index in [1.807, 2.05) is 0 Å². The summed E-state index contributed by atoms with van der Waals surface area (Å²) in [5, 5.41) is 10.7. The lowest BCUT2D eigenvalue weighted by Crippen LogP contribution is -2.25. The third-order valence-corrected chi connectivity index (χ3v) is 2.96. The van der Waals surface area contributed by atoms with Crippen LogP contribution in [0.3, 0.4) is 0 Å². The number of carbonyl (C=O) groups excluding carboxylic acids is 1. The van der Waals surface area contributed by atoms with E-state index in [1.165, 1.54) is 12.1 Å². The monoisotopic (exact) mass is 250 g/mol. The molecular formula is C12H14N2O4. The summed E-state index contributed by atoms with van der Waals surface area (Å²) < 4.78 is 4.94. The molecule has 18 heavy (non-hydrogen) atoms. The maximum atomic E-state index is 12.0.